The van der Waals surface area contributed by atoms with E-state index < -0.39 is 0 Å². The smallest absolute Gasteiger partial charge is 0.261 e. The van der Waals surface area contributed by atoms with Crippen LogP contribution < -0.4 is 19.9 Å². The number of hydrogen-bond donors (Lipinski definition) is 1. The lowest BCUT2D eigenvalue weighted by Gasteiger charge is -2.21. The molecule has 0 radical (unpaired) electrons. The van der Waals surface area contributed by atoms with Gasteiger partial charge in [0.15, 0.2) is 6.61 Å². The highest BCUT2D eigenvalue weighted by Crippen LogP contribution is 2.29. The zero-order valence-electron chi connectivity index (χ0n) is 13.7. The van der Waals surface area contributed by atoms with Crippen LogP contribution in [0.25, 0.3) is 0 Å². The van der Waals surface area contributed by atoms with E-state index in [0.29, 0.717) is 36.0 Å². The summed E-state index contributed by atoms with van der Waals surface area (Å²) < 4.78 is 16.2. The number of amides is 1. The van der Waals surface area contributed by atoms with Gasteiger partial charge in [-0.1, -0.05) is 0 Å². The summed E-state index contributed by atoms with van der Waals surface area (Å²) in [6.45, 7) is 0.868. The molecule has 0 atom stereocenters. The third-order valence-corrected chi connectivity index (χ3v) is 4.01. The van der Waals surface area contributed by atoms with Crippen molar-refractivity contribution in [1.82, 2.24) is 4.90 Å². The molecule has 2 aromatic carbocycles. The summed E-state index contributed by atoms with van der Waals surface area (Å²) in [6.07, 6.45) is 0. The molecule has 0 unspecified atom stereocenters. The van der Waals surface area contributed by atoms with E-state index >= 15 is 0 Å². The van der Waals surface area contributed by atoms with Crippen LogP contribution in [0.2, 0.25) is 0 Å². The summed E-state index contributed by atoms with van der Waals surface area (Å²) >= 11 is 0. The summed E-state index contributed by atoms with van der Waals surface area (Å²) in [5.74, 6) is 2.00. The second kappa shape index (κ2) is 6.70. The van der Waals surface area contributed by atoms with Crippen molar-refractivity contribution < 1.29 is 19.0 Å². The first-order valence-corrected chi connectivity index (χ1v) is 7.60. The number of nitrogens with two attached hydrogens (primary N) is 1. The first-order valence-electron chi connectivity index (χ1n) is 7.60. The monoisotopic (exact) mass is 328 g/mol. The van der Waals surface area contributed by atoms with Gasteiger partial charge in [0.1, 0.15) is 17.2 Å². The second-order valence-corrected chi connectivity index (χ2v) is 5.58. The molecule has 24 heavy (non-hydrogen) atoms. The highest BCUT2D eigenvalue weighted by molar-refractivity contribution is 5.78. The van der Waals surface area contributed by atoms with E-state index in [1.807, 2.05) is 18.2 Å². The number of nitrogen functional groups attached to an aromatic ring is 1. The Labute approximate surface area is 140 Å². The van der Waals surface area contributed by atoms with Crippen molar-refractivity contribution in [2.24, 2.45) is 0 Å². The Morgan fingerprint density at radius 2 is 2.00 bits per heavy atom. The normalized spacial score (nSPS) is 13.8. The Bertz CT molecular complexity index is 761. The number of fused-ring (bicyclic) bond motifs is 1. The number of anilines is 1. The average molecular weight is 328 g/mol. The molecule has 1 aliphatic rings. The molecule has 1 aliphatic heterocycles. The summed E-state index contributed by atoms with van der Waals surface area (Å²) in [5.41, 5.74) is 8.30. The van der Waals surface area contributed by atoms with E-state index in [9.17, 15) is 4.79 Å². The number of methoxy groups -OCH3 is 2. The van der Waals surface area contributed by atoms with Crippen molar-refractivity contribution in [3.05, 3.63) is 47.5 Å². The molecular weight excluding hydrogens is 308 g/mol. The minimum Gasteiger partial charge on any atom is -0.497 e. The number of rotatable bonds is 4. The highest BCUT2D eigenvalue weighted by Gasteiger charge is 2.23. The first kappa shape index (κ1) is 16.0. The molecule has 2 N–H and O–H groups in total. The zero-order valence-corrected chi connectivity index (χ0v) is 13.7. The van der Waals surface area contributed by atoms with Gasteiger partial charge in [0.25, 0.3) is 5.91 Å². The Hall–Kier alpha value is -2.89. The molecule has 6 nitrogen and oxygen atoms in total. The van der Waals surface area contributed by atoms with Gasteiger partial charge in [0.05, 0.1) is 14.2 Å². The van der Waals surface area contributed by atoms with Crippen LogP contribution in [0.1, 0.15) is 11.1 Å². The molecule has 0 aromatic heterocycles. The predicted octanol–water partition coefficient (Wildman–Crippen LogP) is 2.21. The lowest BCUT2D eigenvalue weighted by Crippen LogP contribution is -2.32. The van der Waals surface area contributed by atoms with Gasteiger partial charge in [0, 0.05) is 36.0 Å². The van der Waals surface area contributed by atoms with Crippen LogP contribution in [-0.4, -0.2) is 31.6 Å². The van der Waals surface area contributed by atoms with Gasteiger partial charge in [0.2, 0.25) is 0 Å². The van der Waals surface area contributed by atoms with Gasteiger partial charge in [-0.25, -0.2) is 0 Å². The SMILES string of the molecule is COc1ccc(CN2Cc3cc(N)ccc3OCC2=O)c(OC)c1. The van der Waals surface area contributed by atoms with E-state index in [0.717, 1.165) is 11.1 Å². The number of nitrogens with zero attached hydrogens (tertiary/aromatic N) is 1. The topological polar surface area (TPSA) is 74.0 Å². The number of carbonyl (C=O) groups is 1. The average Bonchev–Trinajstić information content (AvgIpc) is 2.74. The third-order valence-electron chi connectivity index (χ3n) is 4.01. The van der Waals surface area contributed by atoms with Crippen molar-refractivity contribution in [3.63, 3.8) is 0 Å². The lowest BCUT2D eigenvalue weighted by atomic mass is 10.1. The number of carbonyl (C=O) groups excluding carboxylic acids is 1. The molecule has 0 spiro atoms. The van der Waals surface area contributed by atoms with E-state index in [4.69, 9.17) is 19.9 Å². The van der Waals surface area contributed by atoms with Crippen LogP contribution in [0, 0.1) is 0 Å². The lowest BCUT2D eigenvalue weighted by molar-refractivity contribution is -0.133. The van der Waals surface area contributed by atoms with Crippen LogP contribution in [0.4, 0.5) is 5.69 Å². The molecule has 1 heterocycles. The number of ether oxygens (including phenoxy) is 3. The van der Waals surface area contributed by atoms with E-state index in [1.54, 1.807) is 37.3 Å². The second-order valence-electron chi connectivity index (χ2n) is 5.58. The minimum absolute atomic E-state index is 0.00931. The molecule has 126 valence electrons. The molecule has 6 heteroatoms. The van der Waals surface area contributed by atoms with Crippen LogP contribution in [0.3, 0.4) is 0 Å². The van der Waals surface area contributed by atoms with Crippen molar-refractivity contribution in [2.75, 3.05) is 26.6 Å². The molecule has 1 amide bonds. The number of hydrogen-bond acceptors (Lipinski definition) is 5. The van der Waals surface area contributed by atoms with E-state index in [2.05, 4.69) is 0 Å². The fourth-order valence-corrected chi connectivity index (χ4v) is 2.72. The molecule has 0 saturated heterocycles. The van der Waals surface area contributed by atoms with Crippen LogP contribution >= 0.6 is 0 Å². The number of benzene rings is 2. The summed E-state index contributed by atoms with van der Waals surface area (Å²) in [7, 11) is 3.20. The van der Waals surface area contributed by atoms with Crippen molar-refractivity contribution >= 4 is 11.6 Å². The minimum atomic E-state index is -0.0809. The Morgan fingerprint density at radius 3 is 2.75 bits per heavy atom. The molecule has 0 aliphatic carbocycles. The molecular formula is C18H20N2O4. The highest BCUT2D eigenvalue weighted by atomic mass is 16.5. The van der Waals surface area contributed by atoms with Crippen LogP contribution in [0.15, 0.2) is 36.4 Å². The third kappa shape index (κ3) is 3.22. The van der Waals surface area contributed by atoms with Gasteiger partial charge in [-0.3, -0.25) is 4.79 Å². The molecule has 3 rings (SSSR count). The molecule has 0 fully saturated rings. The molecule has 0 saturated carbocycles. The van der Waals surface area contributed by atoms with Gasteiger partial charge in [-0.05, 0) is 30.3 Å². The summed E-state index contributed by atoms with van der Waals surface area (Å²) in [4.78, 5) is 14.1. The van der Waals surface area contributed by atoms with Gasteiger partial charge in [-0.2, -0.15) is 0 Å². The van der Waals surface area contributed by atoms with Gasteiger partial charge >= 0.3 is 0 Å². The molecule has 0 bridgehead atoms. The van der Waals surface area contributed by atoms with E-state index in [-0.39, 0.29) is 12.5 Å². The van der Waals surface area contributed by atoms with Crippen molar-refractivity contribution in [2.45, 2.75) is 13.1 Å². The Kier molecular flexibility index (Phi) is 4.46. The fourth-order valence-electron chi connectivity index (χ4n) is 2.72. The fraction of sp³-hybridized carbons (Fsp3) is 0.278. The largest absolute Gasteiger partial charge is 0.497 e. The van der Waals surface area contributed by atoms with Crippen molar-refractivity contribution in [1.29, 1.82) is 0 Å². The predicted molar refractivity (Wildman–Crippen MR) is 90.1 cm³/mol. The standard InChI is InChI=1S/C18H20N2O4/c1-22-15-5-3-12(17(8-15)23-2)9-20-10-13-7-14(19)4-6-16(13)24-11-18(20)21/h3-8H,9-11,19H2,1-2H3. The quantitative estimate of drug-likeness (QED) is 0.871. The Morgan fingerprint density at radius 1 is 1.17 bits per heavy atom. The summed E-state index contributed by atoms with van der Waals surface area (Å²) in [5, 5.41) is 0. The van der Waals surface area contributed by atoms with Gasteiger partial charge < -0.3 is 24.8 Å². The Balaban J connectivity index is 1.87. The maximum absolute atomic E-state index is 12.4. The summed E-state index contributed by atoms with van der Waals surface area (Å²) in [6, 6.07) is 11.0. The molecule has 2 aromatic rings. The maximum atomic E-state index is 12.4. The van der Waals surface area contributed by atoms with Crippen molar-refractivity contribution in [3.8, 4) is 17.2 Å². The zero-order chi connectivity index (χ0) is 17.1. The van der Waals surface area contributed by atoms with Crippen LogP contribution in [0.5, 0.6) is 17.2 Å². The maximum Gasteiger partial charge on any atom is 0.261 e. The first-order chi connectivity index (χ1) is 11.6. The van der Waals surface area contributed by atoms with E-state index in [1.165, 1.54) is 0 Å². The van der Waals surface area contributed by atoms with Gasteiger partial charge in [-0.15, -0.1) is 0 Å². The van der Waals surface area contributed by atoms with Crippen LogP contribution in [-0.2, 0) is 17.9 Å².